The van der Waals surface area contributed by atoms with Crippen LogP contribution in [0.25, 0.3) is 11.1 Å². The first-order chi connectivity index (χ1) is 19.8. The van der Waals surface area contributed by atoms with Crippen LogP contribution in [0.1, 0.15) is 42.2 Å². The van der Waals surface area contributed by atoms with Crippen molar-refractivity contribution in [3.8, 4) is 16.9 Å². The Kier molecular flexibility index (Phi) is 9.78. The van der Waals surface area contributed by atoms with Crippen LogP contribution in [0.5, 0.6) is 5.75 Å². The van der Waals surface area contributed by atoms with Crippen LogP contribution in [0.3, 0.4) is 0 Å². The third-order valence-corrected chi connectivity index (χ3v) is 8.43. The van der Waals surface area contributed by atoms with Gasteiger partial charge in [0.2, 0.25) is 10.0 Å². The van der Waals surface area contributed by atoms with E-state index in [2.05, 4.69) is 9.80 Å². The average molecular weight is 608 g/mol. The maximum atomic E-state index is 15.2. The Hall–Kier alpha value is -3.64. The maximum absolute atomic E-state index is 15.2. The summed E-state index contributed by atoms with van der Waals surface area (Å²) in [5.41, 5.74) is 3.08. The molecular weight excluding hydrogens is 574 g/mol. The summed E-state index contributed by atoms with van der Waals surface area (Å²) in [7, 11) is -4.42. The molecular formula is C30H33F4N3O4S. The van der Waals surface area contributed by atoms with Crippen molar-refractivity contribution < 1.29 is 35.5 Å². The van der Waals surface area contributed by atoms with E-state index in [0.29, 0.717) is 38.3 Å². The molecule has 1 amide bonds. The predicted octanol–water partition coefficient (Wildman–Crippen LogP) is 5.79. The molecule has 12 heteroatoms. The Labute approximate surface area is 243 Å². The molecule has 0 bridgehead atoms. The SMILES string of the molecule is CCOc1cccc(-c2ccc(C(C)N3CCN(c4ccc(C(=O)NS(=O)(=O)CCC(F)(F)F)cc4)CC3)c(F)c2)c1. The van der Waals surface area contributed by atoms with E-state index in [1.54, 1.807) is 22.9 Å². The summed E-state index contributed by atoms with van der Waals surface area (Å²) < 4.78 is 83.2. The molecule has 1 atom stereocenters. The van der Waals surface area contributed by atoms with Crippen LogP contribution in [0.2, 0.25) is 0 Å². The monoisotopic (exact) mass is 607 g/mol. The van der Waals surface area contributed by atoms with Gasteiger partial charge >= 0.3 is 6.18 Å². The predicted molar refractivity (Wildman–Crippen MR) is 154 cm³/mol. The van der Waals surface area contributed by atoms with Gasteiger partial charge in [0.1, 0.15) is 11.6 Å². The molecule has 1 aliphatic heterocycles. The van der Waals surface area contributed by atoms with E-state index in [0.717, 1.165) is 22.6 Å². The number of alkyl halides is 3. The first kappa shape index (κ1) is 31.3. The fourth-order valence-corrected chi connectivity index (χ4v) is 5.87. The van der Waals surface area contributed by atoms with Crippen molar-refractivity contribution in [2.45, 2.75) is 32.5 Å². The minimum absolute atomic E-state index is 0.0186. The lowest BCUT2D eigenvalue weighted by atomic mass is 9.99. The van der Waals surface area contributed by atoms with Gasteiger partial charge in [0, 0.05) is 49.0 Å². The highest BCUT2D eigenvalue weighted by Crippen LogP contribution is 2.30. The molecule has 1 fully saturated rings. The molecule has 1 N–H and O–H groups in total. The highest BCUT2D eigenvalue weighted by Gasteiger charge is 2.31. The number of carbonyl (C=O) groups excluding carboxylic acids is 1. The highest BCUT2D eigenvalue weighted by molar-refractivity contribution is 7.90. The van der Waals surface area contributed by atoms with Crippen molar-refractivity contribution in [1.82, 2.24) is 9.62 Å². The summed E-state index contributed by atoms with van der Waals surface area (Å²) in [5, 5.41) is 0. The second-order valence-electron chi connectivity index (χ2n) is 10.1. The minimum atomic E-state index is -4.64. The van der Waals surface area contributed by atoms with Gasteiger partial charge in [-0.05, 0) is 67.4 Å². The Morgan fingerprint density at radius 3 is 2.26 bits per heavy atom. The first-order valence-corrected chi connectivity index (χ1v) is 15.2. The van der Waals surface area contributed by atoms with Crippen molar-refractivity contribution in [1.29, 1.82) is 0 Å². The summed E-state index contributed by atoms with van der Waals surface area (Å²) in [5.74, 6) is -1.76. The first-order valence-electron chi connectivity index (χ1n) is 13.6. The lowest BCUT2D eigenvalue weighted by Crippen LogP contribution is -2.47. The van der Waals surface area contributed by atoms with Gasteiger partial charge in [-0.1, -0.05) is 24.3 Å². The zero-order chi connectivity index (χ0) is 30.5. The number of ether oxygens (including phenoxy) is 1. The molecule has 42 heavy (non-hydrogen) atoms. The van der Waals surface area contributed by atoms with Crippen LogP contribution in [-0.4, -0.2) is 63.9 Å². The third kappa shape index (κ3) is 8.22. The molecule has 7 nitrogen and oxygen atoms in total. The summed E-state index contributed by atoms with van der Waals surface area (Å²) in [6.45, 7) is 7.05. The van der Waals surface area contributed by atoms with Crippen LogP contribution >= 0.6 is 0 Å². The van der Waals surface area contributed by atoms with Crippen molar-refractivity contribution >= 4 is 21.6 Å². The number of piperazine rings is 1. The highest BCUT2D eigenvalue weighted by atomic mass is 32.2. The fourth-order valence-electron chi connectivity index (χ4n) is 4.87. The van der Waals surface area contributed by atoms with E-state index in [1.165, 1.54) is 12.1 Å². The largest absolute Gasteiger partial charge is 0.494 e. The molecule has 1 saturated heterocycles. The molecule has 1 heterocycles. The summed E-state index contributed by atoms with van der Waals surface area (Å²) >= 11 is 0. The lowest BCUT2D eigenvalue weighted by Gasteiger charge is -2.39. The molecule has 226 valence electrons. The van der Waals surface area contributed by atoms with E-state index in [-0.39, 0.29) is 17.4 Å². The number of nitrogens with zero attached hydrogens (tertiary/aromatic N) is 2. The van der Waals surface area contributed by atoms with Crippen molar-refractivity contribution in [3.05, 3.63) is 83.7 Å². The van der Waals surface area contributed by atoms with Crippen molar-refractivity contribution in [3.63, 3.8) is 0 Å². The Bertz CT molecular complexity index is 1490. The number of carbonyl (C=O) groups is 1. The van der Waals surface area contributed by atoms with E-state index in [1.807, 2.05) is 50.2 Å². The average Bonchev–Trinajstić information content (AvgIpc) is 2.96. The molecule has 4 rings (SSSR count). The number of amides is 1. The molecule has 0 aliphatic carbocycles. The van der Waals surface area contributed by atoms with Crippen LogP contribution in [0.4, 0.5) is 23.2 Å². The normalized spacial score (nSPS) is 15.3. The molecule has 3 aromatic rings. The number of sulfonamides is 1. The lowest BCUT2D eigenvalue weighted by molar-refractivity contribution is -0.130. The summed E-state index contributed by atoms with van der Waals surface area (Å²) in [6, 6.07) is 18.9. The standard InChI is InChI=1S/C30H33F4N3O4S/c1-3-41-26-6-4-5-23(19-26)24-9-12-27(28(31)20-24)21(2)36-14-16-37(17-15-36)25-10-7-22(8-11-25)29(38)35-42(39,40)18-13-30(32,33)34/h4-12,19-21H,3,13-18H2,1-2H3,(H,35,38). The second-order valence-corrected chi connectivity index (χ2v) is 11.9. The van der Waals surface area contributed by atoms with E-state index in [4.69, 9.17) is 4.74 Å². The fraction of sp³-hybridized carbons (Fsp3) is 0.367. The molecule has 0 saturated carbocycles. The van der Waals surface area contributed by atoms with Crippen LogP contribution < -0.4 is 14.4 Å². The van der Waals surface area contributed by atoms with Gasteiger partial charge in [-0.25, -0.2) is 17.5 Å². The summed E-state index contributed by atoms with van der Waals surface area (Å²) in [4.78, 5) is 16.6. The van der Waals surface area contributed by atoms with E-state index < -0.39 is 34.3 Å². The summed E-state index contributed by atoms with van der Waals surface area (Å²) in [6.07, 6.45) is -6.18. The molecule has 0 aromatic heterocycles. The number of anilines is 1. The number of halogens is 4. The molecule has 3 aromatic carbocycles. The zero-order valence-corrected chi connectivity index (χ0v) is 24.1. The number of hydrogen-bond acceptors (Lipinski definition) is 6. The van der Waals surface area contributed by atoms with Gasteiger partial charge in [-0.15, -0.1) is 0 Å². The number of hydrogen-bond donors (Lipinski definition) is 1. The van der Waals surface area contributed by atoms with Crippen LogP contribution in [0, 0.1) is 5.82 Å². The molecule has 0 spiro atoms. The Morgan fingerprint density at radius 2 is 1.64 bits per heavy atom. The van der Waals surface area contributed by atoms with E-state index in [9.17, 15) is 26.4 Å². The van der Waals surface area contributed by atoms with Gasteiger partial charge in [-0.3, -0.25) is 9.69 Å². The van der Waals surface area contributed by atoms with Crippen LogP contribution in [-0.2, 0) is 10.0 Å². The Balaban J connectivity index is 1.33. The smallest absolute Gasteiger partial charge is 0.390 e. The molecule has 1 unspecified atom stereocenters. The second kappa shape index (κ2) is 13.1. The van der Waals surface area contributed by atoms with Crippen molar-refractivity contribution in [2.75, 3.05) is 43.4 Å². The van der Waals surface area contributed by atoms with Crippen LogP contribution in [0.15, 0.2) is 66.7 Å². The van der Waals surface area contributed by atoms with Gasteiger partial charge < -0.3 is 9.64 Å². The number of nitrogens with one attached hydrogen (secondary N) is 1. The number of benzene rings is 3. The molecule has 0 radical (unpaired) electrons. The topological polar surface area (TPSA) is 79.0 Å². The van der Waals surface area contributed by atoms with Gasteiger partial charge in [-0.2, -0.15) is 13.2 Å². The maximum Gasteiger partial charge on any atom is 0.390 e. The zero-order valence-electron chi connectivity index (χ0n) is 23.3. The van der Waals surface area contributed by atoms with Gasteiger partial charge in [0.05, 0.1) is 18.8 Å². The van der Waals surface area contributed by atoms with Gasteiger partial charge in [0.25, 0.3) is 5.91 Å². The van der Waals surface area contributed by atoms with E-state index >= 15 is 4.39 Å². The minimum Gasteiger partial charge on any atom is -0.494 e. The van der Waals surface area contributed by atoms with Gasteiger partial charge in [0.15, 0.2) is 0 Å². The quantitative estimate of drug-likeness (QED) is 0.294. The van der Waals surface area contributed by atoms with Crippen molar-refractivity contribution in [2.24, 2.45) is 0 Å². The number of rotatable bonds is 10. The third-order valence-electron chi connectivity index (χ3n) is 7.19. The molecule has 1 aliphatic rings. The Morgan fingerprint density at radius 1 is 0.976 bits per heavy atom.